The number of hydrogen-bond acceptors (Lipinski definition) is 3. The van der Waals surface area contributed by atoms with Crippen molar-refractivity contribution in [3.63, 3.8) is 0 Å². The molecule has 0 saturated heterocycles. The van der Waals surface area contributed by atoms with Crippen LogP contribution < -0.4 is 10.2 Å². The maximum Gasteiger partial charge on any atom is 0.253 e. The molecule has 0 aliphatic rings. The molecule has 1 atom stereocenters. The number of halogens is 3. The number of nitrogens with zero attached hydrogens (tertiary/aromatic N) is 1. The molecule has 3 rings (SSSR count). The van der Waals surface area contributed by atoms with Crippen LogP contribution in [0.4, 0.5) is 14.5 Å². The second-order valence-electron chi connectivity index (χ2n) is 7.27. The molecule has 2 amide bonds. The fraction of sp³-hybridized carbons (Fsp3) is 0.217. The minimum absolute atomic E-state index is 0.0579. The van der Waals surface area contributed by atoms with Crippen LogP contribution in [0.1, 0.15) is 29.1 Å². The van der Waals surface area contributed by atoms with Gasteiger partial charge >= 0.3 is 0 Å². The van der Waals surface area contributed by atoms with E-state index >= 15 is 0 Å². The van der Waals surface area contributed by atoms with E-state index in [0.717, 1.165) is 17.0 Å². The molecule has 31 heavy (non-hydrogen) atoms. The molecule has 2 aromatic carbocycles. The molecule has 0 radical (unpaired) electrons. The van der Waals surface area contributed by atoms with Crippen molar-refractivity contribution in [2.45, 2.75) is 26.4 Å². The van der Waals surface area contributed by atoms with Gasteiger partial charge in [-0.15, -0.1) is 11.3 Å². The predicted octanol–water partition coefficient (Wildman–Crippen LogP) is 5.67. The molecule has 0 aliphatic heterocycles. The summed E-state index contributed by atoms with van der Waals surface area (Å²) in [5.74, 6) is -2.90. The van der Waals surface area contributed by atoms with Crippen LogP contribution >= 0.6 is 22.9 Å². The van der Waals surface area contributed by atoms with Gasteiger partial charge in [0.05, 0.1) is 22.8 Å². The van der Waals surface area contributed by atoms with Crippen molar-refractivity contribution < 1.29 is 18.4 Å². The summed E-state index contributed by atoms with van der Waals surface area (Å²) >= 11 is 7.52. The van der Waals surface area contributed by atoms with E-state index in [9.17, 15) is 18.4 Å². The Balaban J connectivity index is 1.94. The lowest BCUT2D eigenvalue weighted by Gasteiger charge is -2.30. The van der Waals surface area contributed by atoms with Crippen LogP contribution in [0.3, 0.4) is 0 Å². The third-order valence-electron chi connectivity index (χ3n) is 4.70. The van der Waals surface area contributed by atoms with Crippen molar-refractivity contribution in [3.8, 4) is 0 Å². The van der Waals surface area contributed by atoms with Gasteiger partial charge < -0.3 is 10.2 Å². The highest BCUT2D eigenvalue weighted by molar-refractivity contribution is 7.09. The minimum atomic E-state index is -0.951. The first-order valence-electron chi connectivity index (χ1n) is 9.62. The molecule has 0 aliphatic carbocycles. The van der Waals surface area contributed by atoms with E-state index in [4.69, 9.17) is 11.6 Å². The molecular formula is C23H21ClF2N2O2S. The fourth-order valence-corrected chi connectivity index (χ4v) is 4.00. The zero-order chi connectivity index (χ0) is 22.5. The zero-order valence-corrected chi connectivity index (χ0v) is 18.5. The Morgan fingerprint density at radius 2 is 1.84 bits per heavy atom. The average molecular weight is 463 g/mol. The third-order valence-corrected chi connectivity index (χ3v) is 5.89. The fourth-order valence-electron chi connectivity index (χ4n) is 3.09. The number of rotatable bonds is 7. The van der Waals surface area contributed by atoms with Crippen LogP contribution in [0, 0.1) is 17.6 Å². The van der Waals surface area contributed by atoms with E-state index in [1.54, 1.807) is 38.1 Å². The zero-order valence-electron chi connectivity index (χ0n) is 16.9. The van der Waals surface area contributed by atoms with Crippen LogP contribution in [0.2, 0.25) is 5.02 Å². The maximum atomic E-state index is 14.6. The Hall–Kier alpha value is -2.77. The molecular weight excluding hydrogens is 442 g/mol. The highest BCUT2D eigenvalue weighted by atomic mass is 35.5. The molecule has 0 spiro atoms. The molecule has 1 heterocycles. The van der Waals surface area contributed by atoms with Crippen LogP contribution in [0.5, 0.6) is 0 Å². The normalized spacial score (nSPS) is 11.9. The molecule has 3 aromatic rings. The summed E-state index contributed by atoms with van der Waals surface area (Å²) in [7, 11) is 0. The van der Waals surface area contributed by atoms with E-state index < -0.39 is 29.5 Å². The highest BCUT2D eigenvalue weighted by Gasteiger charge is 2.31. The monoisotopic (exact) mass is 462 g/mol. The molecule has 8 heteroatoms. The standard InChI is InChI=1S/C23H21ClF2N2O2S/c1-14(2)21(27-22(29)17-7-3-4-8-18(17)24)23(30)28(13-16-6-5-11-31-16)20-10-9-15(25)12-19(20)26/h3-12,14,21H,13H2,1-2H3,(H,27,29). The van der Waals surface area contributed by atoms with Crippen LogP contribution in [0.25, 0.3) is 0 Å². The Kier molecular flexibility index (Phi) is 7.41. The quantitative estimate of drug-likeness (QED) is 0.492. The maximum absolute atomic E-state index is 14.6. The molecule has 4 nitrogen and oxygen atoms in total. The second-order valence-corrected chi connectivity index (χ2v) is 8.71. The van der Waals surface area contributed by atoms with Crippen molar-refractivity contribution in [1.29, 1.82) is 0 Å². The molecule has 1 aromatic heterocycles. The van der Waals surface area contributed by atoms with E-state index in [0.29, 0.717) is 0 Å². The first kappa shape index (κ1) is 22.9. The molecule has 0 bridgehead atoms. The summed E-state index contributed by atoms with van der Waals surface area (Å²) in [6.45, 7) is 3.64. The van der Waals surface area contributed by atoms with Gasteiger partial charge in [0.2, 0.25) is 5.91 Å². The lowest BCUT2D eigenvalue weighted by molar-refractivity contribution is -0.121. The Labute approximate surface area is 188 Å². The van der Waals surface area contributed by atoms with Gasteiger partial charge in [0.25, 0.3) is 5.91 Å². The van der Waals surface area contributed by atoms with Crippen LogP contribution in [-0.4, -0.2) is 17.9 Å². The van der Waals surface area contributed by atoms with Crippen LogP contribution in [-0.2, 0) is 11.3 Å². The van der Waals surface area contributed by atoms with Gasteiger partial charge in [0, 0.05) is 10.9 Å². The number of nitrogens with one attached hydrogen (secondary N) is 1. The van der Waals surface area contributed by atoms with Gasteiger partial charge in [-0.25, -0.2) is 8.78 Å². The van der Waals surface area contributed by atoms with Crippen molar-refractivity contribution >= 4 is 40.4 Å². The van der Waals surface area contributed by atoms with Crippen LogP contribution in [0.15, 0.2) is 60.0 Å². The molecule has 162 valence electrons. The topological polar surface area (TPSA) is 49.4 Å². The Bertz CT molecular complexity index is 1070. The number of anilines is 1. The molecule has 1 unspecified atom stereocenters. The lowest BCUT2D eigenvalue weighted by Crippen LogP contribution is -2.51. The summed E-state index contributed by atoms with van der Waals surface area (Å²) in [6, 6.07) is 12.3. The SMILES string of the molecule is CC(C)C(NC(=O)c1ccccc1Cl)C(=O)N(Cc1cccs1)c1ccc(F)cc1F. The molecule has 0 fully saturated rings. The van der Waals surface area contributed by atoms with Gasteiger partial charge in [-0.1, -0.05) is 43.6 Å². The average Bonchev–Trinajstić information content (AvgIpc) is 3.23. The number of amides is 2. The van der Waals surface area contributed by atoms with Gasteiger partial charge in [0.15, 0.2) is 0 Å². The number of thiophene rings is 1. The number of hydrogen-bond donors (Lipinski definition) is 1. The van der Waals surface area contributed by atoms with E-state index in [1.165, 1.54) is 22.3 Å². The Morgan fingerprint density at radius 1 is 1.10 bits per heavy atom. The van der Waals surface area contributed by atoms with Gasteiger partial charge in [-0.05, 0) is 41.6 Å². The Morgan fingerprint density at radius 3 is 2.45 bits per heavy atom. The van der Waals surface area contributed by atoms with Crippen molar-refractivity contribution in [1.82, 2.24) is 5.32 Å². The second kappa shape index (κ2) is 10.0. The molecule has 0 saturated carbocycles. The first-order valence-corrected chi connectivity index (χ1v) is 10.9. The van der Waals surface area contributed by atoms with Gasteiger partial charge in [-0.3, -0.25) is 9.59 Å². The summed E-state index contributed by atoms with van der Waals surface area (Å²) < 4.78 is 28.1. The van der Waals surface area contributed by atoms with Gasteiger partial charge in [0.1, 0.15) is 17.7 Å². The van der Waals surface area contributed by atoms with E-state index in [-0.39, 0.29) is 28.7 Å². The predicted molar refractivity (Wildman–Crippen MR) is 119 cm³/mol. The number of benzene rings is 2. The van der Waals surface area contributed by atoms with Crippen molar-refractivity contribution in [2.24, 2.45) is 5.92 Å². The van der Waals surface area contributed by atoms with E-state index in [1.807, 2.05) is 17.5 Å². The van der Waals surface area contributed by atoms with Crippen molar-refractivity contribution in [3.05, 3.63) is 87.1 Å². The largest absolute Gasteiger partial charge is 0.340 e. The van der Waals surface area contributed by atoms with E-state index in [2.05, 4.69) is 5.32 Å². The lowest BCUT2D eigenvalue weighted by atomic mass is 10.0. The summed E-state index contributed by atoms with van der Waals surface area (Å²) in [6.07, 6.45) is 0. The smallest absolute Gasteiger partial charge is 0.253 e. The highest BCUT2D eigenvalue weighted by Crippen LogP contribution is 2.26. The van der Waals surface area contributed by atoms with Crippen molar-refractivity contribution in [2.75, 3.05) is 4.90 Å². The number of carbonyl (C=O) groups is 2. The minimum Gasteiger partial charge on any atom is -0.340 e. The summed E-state index contributed by atoms with van der Waals surface area (Å²) in [5.41, 5.74) is 0.179. The third kappa shape index (κ3) is 5.48. The van der Waals surface area contributed by atoms with Gasteiger partial charge in [-0.2, -0.15) is 0 Å². The first-order chi connectivity index (χ1) is 14.8. The molecule has 1 N–H and O–H groups in total. The summed E-state index contributed by atoms with van der Waals surface area (Å²) in [4.78, 5) is 28.4. The summed E-state index contributed by atoms with van der Waals surface area (Å²) in [5, 5.41) is 4.83. The number of carbonyl (C=O) groups excluding carboxylic acids is 2.